The molecule has 0 saturated carbocycles. The van der Waals surface area contributed by atoms with Crippen LogP contribution in [0.25, 0.3) is 0 Å². The molecule has 0 amide bonds. The quantitative estimate of drug-likeness (QED) is 0.586. The zero-order chi connectivity index (χ0) is 13.9. The average molecular weight is 340 g/mol. The fourth-order valence-electron chi connectivity index (χ4n) is 1.96. The van der Waals surface area contributed by atoms with Gasteiger partial charge in [-0.1, -0.05) is 35.3 Å². The Bertz CT molecular complexity index is 644. The summed E-state index contributed by atoms with van der Waals surface area (Å²) in [6, 6.07) is 13.9. The molecule has 1 nitrogen and oxygen atoms in total. The van der Waals surface area contributed by atoms with Crippen molar-refractivity contribution in [3.8, 4) is 0 Å². The number of nitrogens with one attached hydrogen (secondary N) is 1. The number of rotatable bonds is 4. The van der Waals surface area contributed by atoms with Crippen LogP contribution in [-0.4, -0.2) is 0 Å². The zero-order valence-corrected chi connectivity index (χ0v) is 13.5. The third-order valence-electron chi connectivity index (χ3n) is 2.88. The van der Waals surface area contributed by atoms with E-state index in [0.29, 0.717) is 10.0 Å². The molecule has 2 heterocycles. The Kier molecular flexibility index (Phi) is 4.32. The Morgan fingerprint density at radius 1 is 0.900 bits per heavy atom. The SMILES string of the molecule is Clc1ccc(Cl)c(NC(c2cccs2)c2cccs2)c1. The van der Waals surface area contributed by atoms with Gasteiger partial charge in [-0.15, -0.1) is 22.7 Å². The van der Waals surface area contributed by atoms with E-state index in [1.54, 1.807) is 28.7 Å². The van der Waals surface area contributed by atoms with Crippen LogP contribution in [0.3, 0.4) is 0 Å². The van der Waals surface area contributed by atoms with Crippen LogP contribution in [-0.2, 0) is 0 Å². The maximum Gasteiger partial charge on any atom is 0.0954 e. The van der Waals surface area contributed by atoms with E-state index in [-0.39, 0.29) is 6.04 Å². The minimum absolute atomic E-state index is 0.103. The predicted octanol–water partition coefficient (Wildman–Crippen LogP) is 6.32. The van der Waals surface area contributed by atoms with Gasteiger partial charge in [0.05, 0.1) is 16.8 Å². The van der Waals surface area contributed by atoms with Crippen molar-refractivity contribution in [3.05, 3.63) is 73.0 Å². The molecule has 20 heavy (non-hydrogen) atoms. The molecule has 0 atom stereocenters. The molecule has 1 N–H and O–H groups in total. The third-order valence-corrected chi connectivity index (χ3v) is 5.32. The van der Waals surface area contributed by atoms with Crippen molar-refractivity contribution >= 4 is 51.6 Å². The average Bonchev–Trinajstić information content (AvgIpc) is 3.12. The molecule has 0 aliphatic rings. The van der Waals surface area contributed by atoms with Crippen LogP contribution in [0.1, 0.15) is 15.8 Å². The lowest BCUT2D eigenvalue weighted by Gasteiger charge is -2.18. The number of hydrogen-bond donors (Lipinski definition) is 1. The van der Waals surface area contributed by atoms with Gasteiger partial charge in [0.1, 0.15) is 0 Å². The molecule has 2 aromatic heterocycles. The van der Waals surface area contributed by atoms with E-state index in [1.165, 1.54) is 9.75 Å². The summed E-state index contributed by atoms with van der Waals surface area (Å²) in [4.78, 5) is 2.51. The third kappa shape index (κ3) is 3.01. The van der Waals surface area contributed by atoms with Crippen LogP contribution in [0.15, 0.2) is 53.2 Å². The van der Waals surface area contributed by atoms with Crippen LogP contribution in [0.4, 0.5) is 5.69 Å². The van der Waals surface area contributed by atoms with Gasteiger partial charge in [0.25, 0.3) is 0 Å². The van der Waals surface area contributed by atoms with Gasteiger partial charge in [-0.2, -0.15) is 0 Å². The Morgan fingerprint density at radius 3 is 2.10 bits per heavy atom. The Balaban J connectivity index is 1.97. The van der Waals surface area contributed by atoms with Gasteiger partial charge in [-0.3, -0.25) is 0 Å². The molecular formula is C15H11Cl2NS2. The predicted molar refractivity (Wildman–Crippen MR) is 90.6 cm³/mol. The fraction of sp³-hybridized carbons (Fsp3) is 0.0667. The maximum atomic E-state index is 6.25. The van der Waals surface area contributed by atoms with Gasteiger partial charge in [0, 0.05) is 14.8 Å². The van der Waals surface area contributed by atoms with Gasteiger partial charge < -0.3 is 5.32 Å². The number of hydrogen-bond acceptors (Lipinski definition) is 3. The second-order valence-corrected chi connectivity index (χ2v) is 7.03. The van der Waals surface area contributed by atoms with Gasteiger partial charge in [-0.05, 0) is 41.1 Å². The minimum Gasteiger partial charge on any atom is -0.371 e. The summed E-state index contributed by atoms with van der Waals surface area (Å²) in [5.41, 5.74) is 0.853. The Morgan fingerprint density at radius 2 is 1.55 bits per heavy atom. The summed E-state index contributed by atoms with van der Waals surface area (Å²) >= 11 is 15.8. The highest BCUT2D eigenvalue weighted by molar-refractivity contribution is 7.11. The number of benzene rings is 1. The molecule has 5 heteroatoms. The summed E-state index contributed by atoms with van der Waals surface area (Å²) in [6.45, 7) is 0. The molecule has 0 spiro atoms. The summed E-state index contributed by atoms with van der Waals surface area (Å²) in [5.74, 6) is 0. The smallest absolute Gasteiger partial charge is 0.0954 e. The summed E-state index contributed by atoms with van der Waals surface area (Å²) < 4.78 is 0. The molecule has 0 saturated heterocycles. The highest BCUT2D eigenvalue weighted by atomic mass is 35.5. The summed E-state index contributed by atoms with van der Waals surface area (Å²) in [6.07, 6.45) is 0. The summed E-state index contributed by atoms with van der Waals surface area (Å²) in [5, 5.41) is 9.01. The lowest BCUT2D eigenvalue weighted by molar-refractivity contribution is 0.993. The van der Waals surface area contributed by atoms with E-state index in [4.69, 9.17) is 23.2 Å². The molecule has 0 aliphatic heterocycles. The summed E-state index contributed by atoms with van der Waals surface area (Å²) in [7, 11) is 0. The van der Waals surface area contributed by atoms with Gasteiger partial charge in [-0.25, -0.2) is 0 Å². The maximum absolute atomic E-state index is 6.25. The molecule has 0 aliphatic carbocycles. The number of thiophene rings is 2. The van der Waals surface area contributed by atoms with E-state index in [1.807, 2.05) is 12.1 Å². The highest BCUT2D eigenvalue weighted by Gasteiger charge is 2.17. The van der Waals surface area contributed by atoms with Crippen molar-refractivity contribution in [1.82, 2.24) is 0 Å². The largest absolute Gasteiger partial charge is 0.371 e. The van der Waals surface area contributed by atoms with Crippen molar-refractivity contribution in [2.45, 2.75) is 6.04 Å². The van der Waals surface area contributed by atoms with Crippen LogP contribution in [0, 0.1) is 0 Å². The van der Waals surface area contributed by atoms with E-state index in [9.17, 15) is 0 Å². The normalized spacial score (nSPS) is 10.9. The molecule has 0 fully saturated rings. The molecule has 0 radical (unpaired) electrons. The van der Waals surface area contributed by atoms with Gasteiger partial charge in [0.15, 0.2) is 0 Å². The lowest BCUT2D eigenvalue weighted by atomic mass is 10.2. The Hall–Kier alpha value is -1.00. The molecule has 3 aromatic rings. The van der Waals surface area contributed by atoms with Crippen LogP contribution in [0.2, 0.25) is 10.0 Å². The standard InChI is InChI=1S/C15H11Cl2NS2/c16-10-5-6-11(17)12(9-10)18-15(13-3-1-7-19-13)14-4-2-8-20-14/h1-9,15,18H. The van der Waals surface area contributed by atoms with Crippen LogP contribution < -0.4 is 5.32 Å². The first-order chi connectivity index (χ1) is 9.74. The van der Waals surface area contributed by atoms with Crippen LogP contribution in [0.5, 0.6) is 0 Å². The van der Waals surface area contributed by atoms with Crippen molar-refractivity contribution in [3.63, 3.8) is 0 Å². The van der Waals surface area contributed by atoms with Crippen molar-refractivity contribution in [1.29, 1.82) is 0 Å². The first kappa shape index (κ1) is 14.0. The number of anilines is 1. The molecule has 0 bridgehead atoms. The highest BCUT2D eigenvalue weighted by Crippen LogP contribution is 2.35. The van der Waals surface area contributed by atoms with E-state index < -0.39 is 0 Å². The van der Waals surface area contributed by atoms with Crippen molar-refractivity contribution in [2.24, 2.45) is 0 Å². The lowest BCUT2D eigenvalue weighted by Crippen LogP contribution is -2.09. The van der Waals surface area contributed by atoms with E-state index in [2.05, 4.69) is 40.3 Å². The molecular weight excluding hydrogens is 329 g/mol. The molecule has 0 unspecified atom stereocenters. The fourth-order valence-corrected chi connectivity index (χ4v) is 3.96. The Labute approximate surface area is 135 Å². The first-order valence-corrected chi connectivity index (χ1v) is 8.54. The van der Waals surface area contributed by atoms with E-state index >= 15 is 0 Å². The molecule has 3 rings (SSSR count). The van der Waals surface area contributed by atoms with Crippen LogP contribution >= 0.6 is 45.9 Å². The number of halogens is 2. The first-order valence-electron chi connectivity index (χ1n) is 6.02. The zero-order valence-electron chi connectivity index (χ0n) is 10.3. The monoisotopic (exact) mass is 339 g/mol. The van der Waals surface area contributed by atoms with E-state index in [0.717, 1.165) is 5.69 Å². The topological polar surface area (TPSA) is 12.0 Å². The molecule has 1 aromatic carbocycles. The van der Waals surface area contributed by atoms with Crippen molar-refractivity contribution < 1.29 is 0 Å². The second kappa shape index (κ2) is 6.19. The second-order valence-electron chi connectivity index (χ2n) is 4.23. The molecule has 102 valence electrons. The minimum atomic E-state index is 0.103. The van der Waals surface area contributed by atoms with Gasteiger partial charge >= 0.3 is 0 Å². The van der Waals surface area contributed by atoms with Gasteiger partial charge in [0.2, 0.25) is 0 Å². The van der Waals surface area contributed by atoms with Crippen molar-refractivity contribution in [2.75, 3.05) is 5.32 Å².